The van der Waals surface area contributed by atoms with E-state index in [2.05, 4.69) is 213 Å². The van der Waals surface area contributed by atoms with Crippen molar-refractivity contribution in [3.05, 3.63) is 211 Å². The third kappa shape index (κ3) is 6.23. The van der Waals surface area contributed by atoms with Crippen LogP contribution in [0.5, 0.6) is 0 Å². The van der Waals surface area contributed by atoms with Gasteiger partial charge in [-0.25, -0.2) is 0 Å². The Bertz CT molecular complexity index is 2780. The van der Waals surface area contributed by atoms with Crippen LogP contribution >= 0.6 is 0 Å². The minimum absolute atomic E-state index is 0.157. The molecule has 2 fully saturated rings. The molecule has 11 rings (SSSR count). The number of anilines is 3. The fourth-order valence-corrected chi connectivity index (χ4v) is 11.0. The van der Waals surface area contributed by atoms with Gasteiger partial charge in [0.25, 0.3) is 0 Å². The molecule has 2 bridgehead atoms. The van der Waals surface area contributed by atoms with Gasteiger partial charge in [0, 0.05) is 22.5 Å². The molecule has 0 spiro atoms. The Morgan fingerprint density at radius 2 is 0.932 bits per heavy atom. The molecule has 59 heavy (non-hydrogen) atoms. The summed E-state index contributed by atoms with van der Waals surface area (Å²) < 4.78 is 0. The topological polar surface area (TPSA) is 3.24 Å². The summed E-state index contributed by atoms with van der Waals surface area (Å²) in [5.41, 5.74) is 20.2. The molecule has 8 aromatic rings. The number of rotatable bonds is 8. The van der Waals surface area contributed by atoms with Crippen molar-refractivity contribution in [1.29, 1.82) is 0 Å². The van der Waals surface area contributed by atoms with Crippen molar-refractivity contribution in [2.75, 3.05) is 4.90 Å². The zero-order valence-electron chi connectivity index (χ0n) is 34.0. The van der Waals surface area contributed by atoms with E-state index in [0.29, 0.717) is 0 Å². The smallest absolute Gasteiger partial charge is 0.0465 e. The maximum Gasteiger partial charge on any atom is 0.0465 e. The molecule has 0 aliphatic heterocycles. The summed E-state index contributed by atoms with van der Waals surface area (Å²) in [6.07, 6.45) is 5.69. The fourth-order valence-electron chi connectivity index (χ4n) is 11.0. The van der Waals surface area contributed by atoms with Gasteiger partial charge in [0.2, 0.25) is 0 Å². The second kappa shape index (κ2) is 14.4. The van der Waals surface area contributed by atoms with E-state index in [-0.39, 0.29) is 5.41 Å². The maximum absolute atomic E-state index is 2.45. The van der Waals surface area contributed by atoms with Crippen LogP contribution in [-0.2, 0) is 5.41 Å². The monoisotopic (exact) mass is 759 g/mol. The van der Waals surface area contributed by atoms with E-state index in [1.165, 1.54) is 98.0 Å². The van der Waals surface area contributed by atoms with Crippen molar-refractivity contribution < 1.29 is 0 Å². The standard InChI is InChI=1S/C58H49N/c1-58(2)55-19-11-18-52(43-14-7-4-8-15-43)57(55)53-35-34-49(38-56(53)58)59(48-32-28-44(29-33-48)51-17-10-9-16-50(51)42-12-5-3-6-13-42)47-30-26-41(27-31-47)40-22-24-45(25-23-40)54-37-39-20-21-46(54)36-39/h3-19,22-35,38-39,46,54H,20-21,36-37H2,1-2H3. The molecule has 8 aromatic carbocycles. The first-order valence-corrected chi connectivity index (χ1v) is 21.6. The summed E-state index contributed by atoms with van der Waals surface area (Å²) in [7, 11) is 0. The lowest BCUT2D eigenvalue weighted by molar-refractivity contribution is 0.420. The molecular formula is C58H49N. The number of fused-ring (bicyclic) bond motifs is 5. The molecule has 0 saturated heterocycles. The number of hydrogen-bond acceptors (Lipinski definition) is 1. The van der Waals surface area contributed by atoms with E-state index >= 15 is 0 Å². The predicted octanol–water partition coefficient (Wildman–Crippen LogP) is 16.0. The Morgan fingerprint density at radius 3 is 1.53 bits per heavy atom. The Labute approximate surface area is 349 Å². The second-order valence-electron chi connectivity index (χ2n) is 17.7. The summed E-state index contributed by atoms with van der Waals surface area (Å²) in [5.74, 6) is 2.61. The van der Waals surface area contributed by atoms with Gasteiger partial charge in [-0.05, 0) is 146 Å². The molecule has 3 aliphatic carbocycles. The van der Waals surface area contributed by atoms with Crippen LogP contribution in [-0.4, -0.2) is 0 Å². The van der Waals surface area contributed by atoms with Gasteiger partial charge in [-0.2, -0.15) is 0 Å². The molecule has 0 N–H and O–H groups in total. The third-order valence-corrected chi connectivity index (χ3v) is 14.0. The zero-order chi connectivity index (χ0) is 39.5. The van der Waals surface area contributed by atoms with Crippen LogP contribution in [0.25, 0.3) is 55.6 Å². The first-order valence-electron chi connectivity index (χ1n) is 21.6. The molecule has 3 unspecified atom stereocenters. The number of nitrogens with zero attached hydrogens (tertiary/aromatic N) is 1. The summed E-state index contributed by atoms with van der Waals surface area (Å²) in [6, 6.07) is 72.2. The first-order chi connectivity index (χ1) is 29.0. The van der Waals surface area contributed by atoms with Crippen LogP contribution in [0.15, 0.2) is 194 Å². The lowest BCUT2D eigenvalue weighted by Crippen LogP contribution is -2.16. The van der Waals surface area contributed by atoms with Crippen LogP contribution in [0.1, 0.15) is 62.1 Å². The first kappa shape index (κ1) is 35.7. The molecule has 3 atom stereocenters. The number of benzene rings is 8. The quantitative estimate of drug-likeness (QED) is 0.149. The highest BCUT2D eigenvalue weighted by atomic mass is 15.1. The Balaban J connectivity index is 0.983. The Hall–Kier alpha value is -6.44. The number of hydrogen-bond donors (Lipinski definition) is 0. The molecule has 0 aromatic heterocycles. The SMILES string of the molecule is CC1(C)c2cc(N(c3ccc(-c4ccc(C5CC6CCC5C6)cc4)cc3)c3ccc(-c4ccccc4-c4ccccc4)cc3)ccc2-c2c(-c3ccccc3)cccc21. The fraction of sp³-hybridized carbons (Fsp3) is 0.172. The highest BCUT2D eigenvalue weighted by Crippen LogP contribution is 2.55. The van der Waals surface area contributed by atoms with E-state index in [0.717, 1.165) is 34.8 Å². The maximum atomic E-state index is 2.45. The third-order valence-electron chi connectivity index (χ3n) is 14.0. The molecule has 0 amide bonds. The van der Waals surface area contributed by atoms with E-state index in [9.17, 15) is 0 Å². The normalized spacial score (nSPS) is 18.4. The van der Waals surface area contributed by atoms with Crippen molar-refractivity contribution in [1.82, 2.24) is 0 Å². The van der Waals surface area contributed by atoms with Gasteiger partial charge in [0.15, 0.2) is 0 Å². The highest BCUT2D eigenvalue weighted by molar-refractivity contribution is 5.94. The van der Waals surface area contributed by atoms with Gasteiger partial charge in [0.1, 0.15) is 0 Å². The van der Waals surface area contributed by atoms with Crippen molar-refractivity contribution in [3.63, 3.8) is 0 Å². The molecule has 1 heteroatoms. The van der Waals surface area contributed by atoms with Gasteiger partial charge in [-0.15, -0.1) is 0 Å². The van der Waals surface area contributed by atoms with Crippen LogP contribution < -0.4 is 4.90 Å². The minimum Gasteiger partial charge on any atom is -0.310 e. The van der Waals surface area contributed by atoms with Crippen molar-refractivity contribution in [2.24, 2.45) is 11.8 Å². The molecule has 2 saturated carbocycles. The summed E-state index contributed by atoms with van der Waals surface area (Å²) in [6.45, 7) is 4.77. The summed E-state index contributed by atoms with van der Waals surface area (Å²) in [4.78, 5) is 2.44. The Kier molecular flexibility index (Phi) is 8.73. The largest absolute Gasteiger partial charge is 0.310 e. The second-order valence-corrected chi connectivity index (χ2v) is 17.7. The zero-order valence-corrected chi connectivity index (χ0v) is 34.0. The van der Waals surface area contributed by atoms with Gasteiger partial charge in [0.05, 0.1) is 0 Å². The van der Waals surface area contributed by atoms with Crippen molar-refractivity contribution >= 4 is 17.1 Å². The molecule has 0 heterocycles. The molecule has 3 aliphatic rings. The summed E-state index contributed by atoms with van der Waals surface area (Å²) in [5, 5.41) is 0. The van der Waals surface area contributed by atoms with E-state index in [1.807, 2.05) is 0 Å². The van der Waals surface area contributed by atoms with Crippen molar-refractivity contribution in [2.45, 2.75) is 50.9 Å². The average Bonchev–Trinajstić information content (AvgIpc) is 4.00. The van der Waals surface area contributed by atoms with Crippen LogP contribution in [0.2, 0.25) is 0 Å². The van der Waals surface area contributed by atoms with Crippen LogP contribution in [0.3, 0.4) is 0 Å². The predicted molar refractivity (Wildman–Crippen MR) is 249 cm³/mol. The molecular weight excluding hydrogens is 711 g/mol. The lowest BCUT2D eigenvalue weighted by atomic mass is 9.81. The van der Waals surface area contributed by atoms with Gasteiger partial charge in [-0.1, -0.05) is 178 Å². The van der Waals surface area contributed by atoms with Crippen LogP contribution in [0, 0.1) is 11.8 Å². The van der Waals surface area contributed by atoms with E-state index in [4.69, 9.17) is 0 Å². The molecule has 0 radical (unpaired) electrons. The van der Waals surface area contributed by atoms with Crippen LogP contribution in [0.4, 0.5) is 17.1 Å². The van der Waals surface area contributed by atoms with Gasteiger partial charge in [-0.3, -0.25) is 0 Å². The molecule has 1 nitrogen and oxygen atoms in total. The Morgan fingerprint density at radius 1 is 0.407 bits per heavy atom. The lowest BCUT2D eigenvalue weighted by Gasteiger charge is -2.28. The summed E-state index contributed by atoms with van der Waals surface area (Å²) >= 11 is 0. The molecule has 286 valence electrons. The highest BCUT2D eigenvalue weighted by Gasteiger charge is 2.40. The van der Waals surface area contributed by atoms with Crippen molar-refractivity contribution in [3.8, 4) is 55.6 Å². The average molecular weight is 760 g/mol. The van der Waals surface area contributed by atoms with Gasteiger partial charge >= 0.3 is 0 Å². The van der Waals surface area contributed by atoms with Gasteiger partial charge < -0.3 is 4.90 Å². The van der Waals surface area contributed by atoms with E-state index < -0.39 is 0 Å². The van der Waals surface area contributed by atoms with E-state index in [1.54, 1.807) is 0 Å². The minimum atomic E-state index is -0.157.